The molecule has 2 aliphatic heterocycles. The largest absolute Gasteiger partial charge is 0.339 e. The fraction of sp³-hybridized carbons (Fsp3) is 0.227. The Morgan fingerprint density at radius 2 is 1.60 bits per heavy atom. The van der Waals surface area contributed by atoms with Crippen LogP contribution in [-0.2, 0) is 11.2 Å². The minimum absolute atomic E-state index is 0.0341. The third-order valence-corrected chi connectivity index (χ3v) is 5.44. The molecule has 0 unspecified atom stereocenters. The molecule has 3 aromatic rings. The lowest BCUT2D eigenvalue weighted by Gasteiger charge is -2.37. The number of imide groups is 1. The van der Waals surface area contributed by atoms with Crippen molar-refractivity contribution in [2.75, 3.05) is 19.6 Å². The van der Waals surface area contributed by atoms with Crippen molar-refractivity contribution in [1.29, 1.82) is 0 Å². The molecule has 30 heavy (non-hydrogen) atoms. The van der Waals surface area contributed by atoms with E-state index in [2.05, 4.69) is 10.1 Å². The summed E-state index contributed by atoms with van der Waals surface area (Å²) in [6.45, 7) is 0.589. The Bertz CT molecular complexity index is 1100. The van der Waals surface area contributed by atoms with Crippen LogP contribution >= 0.6 is 0 Å². The van der Waals surface area contributed by atoms with Crippen LogP contribution in [0.3, 0.4) is 0 Å². The first-order chi connectivity index (χ1) is 14.6. The average Bonchev–Trinajstić information content (AvgIpc) is 3.27. The van der Waals surface area contributed by atoms with Gasteiger partial charge in [-0.1, -0.05) is 47.6 Å². The number of carbonyl (C=O) groups excluding carboxylic acids is 3. The third-order valence-electron chi connectivity index (χ3n) is 5.44. The van der Waals surface area contributed by atoms with Crippen LogP contribution in [0.2, 0.25) is 0 Å². The highest BCUT2D eigenvalue weighted by Gasteiger charge is 2.40. The highest BCUT2D eigenvalue weighted by molar-refractivity contribution is 6.22. The molecule has 3 heterocycles. The number of likely N-dealkylation sites (tertiary alicyclic amines) is 1. The van der Waals surface area contributed by atoms with Gasteiger partial charge >= 0.3 is 0 Å². The molecule has 3 amide bonds. The molecule has 0 spiro atoms. The van der Waals surface area contributed by atoms with Gasteiger partial charge in [0.05, 0.1) is 17.0 Å². The molecule has 0 N–H and O–H groups in total. The SMILES string of the molecule is O=C(CN1C(=O)c2ccccc2C1=O)N1CC(c2nc(Cc3ccccc3)no2)C1. The summed E-state index contributed by atoms with van der Waals surface area (Å²) in [7, 11) is 0. The number of rotatable bonds is 5. The fourth-order valence-electron chi connectivity index (χ4n) is 3.74. The van der Waals surface area contributed by atoms with Crippen LogP contribution in [0.1, 0.15) is 43.9 Å². The fourth-order valence-corrected chi connectivity index (χ4v) is 3.74. The monoisotopic (exact) mass is 402 g/mol. The predicted octanol–water partition coefficient (Wildman–Crippen LogP) is 1.88. The molecular formula is C22H18N4O4. The van der Waals surface area contributed by atoms with Gasteiger partial charge in [0.15, 0.2) is 5.82 Å². The van der Waals surface area contributed by atoms with Gasteiger partial charge in [-0.3, -0.25) is 19.3 Å². The van der Waals surface area contributed by atoms with Crippen molar-refractivity contribution in [3.8, 4) is 0 Å². The van der Waals surface area contributed by atoms with Gasteiger partial charge in [-0.2, -0.15) is 4.98 Å². The maximum Gasteiger partial charge on any atom is 0.262 e. The first kappa shape index (κ1) is 18.2. The number of benzene rings is 2. The van der Waals surface area contributed by atoms with E-state index in [-0.39, 0.29) is 18.4 Å². The van der Waals surface area contributed by atoms with E-state index in [0.717, 1.165) is 10.5 Å². The number of hydrogen-bond donors (Lipinski definition) is 0. The van der Waals surface area contributed by atoms with Gasteiger partial charge in [0.25, 0.3) is 11.8 Å². The minimum Gasteiger partial charge on any atom is -0.339 e. The first-order valence-corrected chi connectivity index (χ1v) is 9.69. The smallest absolute Gasteiger partial charge is 0.262 e. The summed E-state index contributed by atoms with van der Waals surface area (Å²) in [4.78, 5) is 44.4. The summed E-state index contributed by atoms with van der Waals surface area (Å²) >= 11 is 0. The van der Waals surface area contributed by atoms with Crippen LogP contribution in [-0.4, -0.2) is 57.3 Å². The molecule has 5 rings (SSSR count). The van der Waals surface area contributed by atoms with Crippen LogP contribution in [0.15, 0.2) is 59.1 Å². The van der Waals surface area contributed by atoms with E-state index in [0.29, 0.717) is 42.4 Å². The predicted molar refractivity (Wildman–Crippen MR) is 105 cm³/mol. The van der Waals surface area contributed by atoms with Crippen molar-refractivity contribution in [2.24, 2.45) is 0 Å². The first-order valence-electron chi connectivity index (χ1n) is 9.69. The second-order valence-electron chi connectivity index (χ2n) is 7.45. The maximum atomic E-state index is 12.6. The molecule has 0 radical (unpaired) electrons. The van der Waals surface area contributed by atoms with Gasteiger partial charge in [0.1, 0.15) is 6.54 Å². The lowest BCUT2D eigenvalue weighted by molar-refractivity contribution is -0.136. The molecule has 1 aromatic heterocycles. The molecule has 8 heteroatoms. The van der Waals surface area contributed by atoms with E-state index in [9.17, 15) is 14.4 Å². The molecule has 0 atom stereocenters. The number of fused-ring (bicyclic) bond motifs is 1. The lowest BCUT2D eigenvalue weighted by atomic mass is 10.00. The van der Waals surface area contributed by atoms with E-state index < -0.39 is 11.8 Å². The summed E-state index contributed by atoms with van der Waals surface area (Å²) in [5, 5.41) is 4.02. The van der Waals surface area contributed by atoms with Crippen LogP contribution in [0.5, 0.6) is 0 Å². The Balaban J connectivity index is 1.17. The number of nitrogens with zero attached hydrogens (tertiary/aromatic N) is 4. The molecule has 0 bridgehead atoms. The van der Waals surface area contributed by atoms with Gasteiger partial charge in [0, 0.05) is 19.5 Å². The van der Waals surface area contributed by atoms with Crippen LogP contribution in [0.25, 0.3) is 0 Å². The highest BCUT2D eigenvalue weighted by Crippen LogP contribution is 2.27. The molecule has 8 nitrogen and oxygen atoms in total. The van der Waals surface area contributed by atoms with Crippen molar-refractivity contribution in [2.45, 2.75) is 12.3 Å². The quantitative estimate of drug-likeness (QED) is 0.605. The van der Waals surface area contributed by atoms with Crippen molar-refractivity contribution >= 4 is 17.7 Å². The zero-order valence-corrected chi connectivity index (χ0v) is 16.0. The second-order valence-corrected chi connectivity index (χ2v) is 7.45. The molecule has 2 aliphatic rings. The summed E-state index contributed by atoms with van der Waals surface area (Å²) in [5.41, 5.74) is 1.78. The zero-order chi connectivity index (χ0) is 20.7. The number of amides is 3. The molecular weight excluding hydrogens is 384 g/mol. The van der Waals surface area contributed by atoms with Gasteiger partial charge in [-0.25, -0.2) is 0 Å². The standard InChI is InChI=1S/C22H18N4O4/c27-19(13-26-21(28)16-8-4-5-9-17(16)22(26)29)25-11-15(12-25)20-23-18(24-30-20)10-14-6-2-1-3-7-14/h1-9,15H,10-13H2. The molecule has 0 aliphatic carbocycles. The molecule has 0 saturated carbocycles. The average molecular weight is 402 g/mol. The Morgan fingerprint density at radius 3 is 2.27 bits per heavy atom. The van der Waals surface area contributed by atoms with Crippen molar-refractivity contribution in [3.63, 3.8) is 0 Å². The van der Waals surface area contributed by atoms with Crippen molar-refractivity contribution < 1.29 is 18.9 Å². The molecule has 150 valence electrons. The topological polar surface area (TPSA) is 96.6 Å². The van der Waals surface area contributed by atoms with Gasteiger partial charge in [-0.05, 0) is 17.7 Å². The number of hydrogen-bond acceptors (Lipinski definition) is 6. The van der Waals surface area contributed by atoms with Gasteiger partial charge in [-0.15, -0.1) is 0 Å². The molecule has 1 fully saturated rings. The van der Waals surface area contributed by atoms with Crippen molar-refractivity contribution in [3.05, 3.63) is 83.0 Å². The van der Waals surface area contributed by atoms with Crippen LogP contribution in [0.4, 0.5) is 0 Å². The van der Waals surface area contributed by atoms with Gasteiger partial charge in [0.2, 0.25) is 11.8 Å². The van der Waals surface area contributed by atoms with Gasteiger partial charge < -0.3 is 9.42 Å². The van der Waals surface area contributed by atoms with Crippen molar-refractivity contribution in [1.82, 2.24) is 19.9 Å². The Labute approximate surface area is 172 Å². The van der Waals surface area contributed by atoms with E-state index >= 15 is 0 Å². The maximum absolute atomic E-state index is 12.6. The zero-order valence-electron chi connectivity index (χ0n) is 16.0. The lowest BCUT2D eigenvalue weighted by Crippen LogP contribution is -2.52. The second kappa shape index (κ2) is 7.22. The summed E-state index contributed by atoms with van der Waals surface area (Å²) in [6.07, 6.45) is 0.583. The van der Waals surface area contributed by atoms with Crippen LogP contribution < -0.4 is 0 Å². The van der Waals surface area contributed by atoms with E-state index in [1.165, 1.54) is 0 Å². The Hall–Kier alpha value is -3.81. The summed E-state index contributed by atoms with van der Waals surface area (Å²) in [5.74, 6) is -0.0531. The van der Waals surface area contributed by atoms with E-state index in [1.807, 2.05) is 30.3 Å². The number of aromatic nitrogens is 2. The number of carbonyl (C=O) groups is 3. The highest BCUT2D eigenvalue weighted by atomic mass is 16.5. The molecule has 2 aromatic carbocycles. The normalized spacial score (nSPS) is 16.0. The summed E-state index contributed by atoms with van der Waals surface area (Å²) in [6, 6.07) is 16.5. The minimum atomic E-state index is -0.427. The van der Waals surface area contributed by atoms with E-state index in [4.69, 9.17) is 4.52 Å². The summed E-state index contributed by atoms with van der Waals surface area (Å²) < 4.78 is 5.36. The Morgan fingerprint density at radius 1 is 0.967 bits per heavy atom. The molecule has 1 saturated heterocycles. The Kier molecular flexibility index (Phi) is 4.39. The van der Waals surface area contributed by atoms with Crippen LogP contribution in [0, 0.1) is 0 Å². The van der Waals surface area contributed by atoms with E-state index in [1.54, 1.807) is 29.2 Å². The third kappa shape index (κ3) is 3.16.